The van der Waals surface area contributed by atoms with Gasteiger partial charge in [-0.05, 0) is 25.5 Å². The van der Waals surface area contributed by atoms with Gasteiger partial charge in [0.1, 0.15) is 0 Å². The molecule has 0 aliphatic rings. The lowest BCUT2D eigenvalue weighted by Gasteiger charge is -2.07. The van der Waals surface area contributed by atoms with Gasteiger partial charge in [-0.15, -0.1) is 0 Å². The Morgan fingerprint density at radius 3 is 2.09 bits per heavy atom. The van der Waals surface area contributed by atoms with Gasteiger partial charge in [-0.1, -0.05) is 43.9 Å². The van der Waals surface area contributed by atoms with Gasteiger partial charge in [0.05, 0.1) is 31.3 Å². The van der Waals surface area contributed by atoms with Gasteiger partial charge < -0.3 is 9.47 Å². The molecular formula is C17H28O5S. The van der Waals surface area contributed by atoms with Crippen molar-refractivity contribution >= 4 is 10.1 Å². The van der Waals surface area contributed by atoms with E-state index in [-0.39, 0.29) is 18.1 Å². The van der Waals surface area contributed by atoms with Crippen molar-refractivity contribution < 1.29 is 22.1 Å². The van der Waals surface area contributed by atoms with Gasteiger partial charge in [-0.25, -0.2) is 0 Å². The number of unbranched alkanes of at least 4 members (excludes halogenated alkanes) is 3. The smallest absolute Gasteiger partial charge is 0.297 e. The second-order valence-corrected chi connectivity index (χ2v) is 6.99. The van der Waals surface area contributed by atoms with Crippen LogP contribution in [0.3, 0.4) is 0 Å². The van der Waals surface area contributed by atoms with Crippen LogP contribution in [0.2, 0.25) is 0 Å². The van der Waals surface area contributed by atoms with Crippen LogP contribution in [0.25, 0.3) is 0 Å². The third kappa shape index (κ3) is 9.05. The third-order valence-corrected chi connectivity index (χ3v) is 4.62. The van der Waals surface area contributed by atoms with Crippen LogP contribution in [0, 0.1) is 6.92 Å². The van der Waals surface area contributed by atoms with Crippen molar-refractivity contribution in [3.8, 4) is 0 Å². The summed E-state index contributed by atoms with van der Waals surface area (Å²) in [6, 6.07) is 6.56. The highest BCUT2D eigenvalue weighted by molar-refractivity contribution is 7.86. The summed E-state index contributed by atoms with van der Waals surface area (Å²) in [7, 11) is -3.70. The molecule has 0 saturated heterocycles. The first-order valence-electron chi connectivity index (χ1n) is 8.18. The summed E-state index contributed by atoms with van der Waals surface area (Å²) in [5.74, 6) is 0. The molecule has 0 saturated carbocycles. The minimum Gasteiger partial charge on any atom is -0.379 e. The van der Waals surface area contributed by atoms with Crippen LogP contribution in [0.5, 0.6) is 0 Å². The second-order valence-electron chi connectivity index (χ2n) is 5.37. The topological polar surface area (TPSA) is 61.8 Å². The maximum absolute atomic E-state index is 11.9. The molecule has 23 heavy (non-hydrogen) atoms. The summed E-state index contributed by atoms with van der Waals surface area (Å²) in [5, 5.41) is 0. The van der Waals surface area contributed by atoms with Gasteiger partial charge in [0.2, 0.25) is 0 Å². The first kappa shape index (κ1) is 20.1. The molecule has 132 valence electrons. The predicted molar refractivity (Wildman–Crippen MR) is 90.1 cm³/mol. The first-order chi connectivity index (χ1) is 11.1. The van der Waals surface area contributed by atoms with Crippen molar-refractivity contribution in [3.63, 3.8) is 0 Å². The molecule has 0 unspecified atom stereocenters. The van der Waals surface area contributed by atoms with E-state index in [0.717, 1.165) is 18.6 Å². The Labute approximate surface area is 140 Å². The average molecular weight is 344 g/mol. The van der Waals surface area contributed by atoms with E-state index in [1.165, 1.54) is 31.4 Å². The third-order valence-electron chi connectivity index (χ3n) is 3.29. The van der Waals surface area contributed by atoms with Gasteiger partial charge in [-0.3, -0.25) is 4.18 Å². The first-order valence-corrected chi connectivity index (χ1v) is 9.58. The van der Waals surface area contributed by atoms with E-state index in [1.807, 2.05) is 6.92 Å². The lowest BCUT2D eigenvalue weighted by atomic mass is 10.2. The number of rotatable bonds is 13. The summed E-state index contributed by atoms with van der Waals surface area (Å²) in [6.07, 6.45) is 4.73. The van der Waals surface area contributed by atoms with Gasteiger partial charge in [0, 0.05) is 6.61 Å². The van der Waals surface area contributed by atoms with Gasteiger partial charge in [-0.2, -0.15) is 8.42 Å². The molecule has 0 N–H and O–H groups in total. The molecule has 0 heterocycles. The van der Waals surface area contributed by atoms with Crippen LogP contribution >= 0.6 is 0 Å². The number of hydrogen-bond acceptors (Lipinski definition) is 5. The largest absolute Gasteiger partial charge is 0.379 e. The Kier molecular flexibility index (Phi) is 10.1. The van der Waals surface area contributed by atoms with E-state index >= 15 is 0 Å². The molecule has 0 aromatic heterocycles. The van der Waals surface area contributed by atoms with Crippen molar-refractivity contribution in [2.75, 3.05) is 33.0 Å². The van der Waals surface area contributed by atoms with Crippen LogP contribution in [0.1, 0.15) is 38.2 Å². The Balaban J connectivity index is 2.05. The van der Waals surface area contributed by atoms with Crippen molar-refractivity contribution in [1.29, 1.82) is 0 Å². The van der Waals surface area contributed by atoms with Gasteiger partial charge in [0.25, 0.3) is 10.1 Å². The summed E-state index contributed by atoms with van der Waals surface area (Å²) in [4.78, 5) is 0.165. The van der Waals surface area contributed by atoms with E-state index in [9.17, 15) is 8.42 Å². The van der Waals surface area contributed by atoms with E-state index in [2.05, 4.69) is 6.92 Å². The molecular weight excluding hydrogens is 316 g/mol. The maximum Gasteiger partial charge on any atom is 0.297 e. The standard InChI is InChI=1S/C17H28O5S/c1-3-4-5-6-11-20-12-13-21-14-15-22-23(18,19)17-9-7-16(2)8-10-17/h7-10H,3-6,11-15H2,1-2H3. The van der Waals surface area contributed by atoms with E-state index < -0.39 is 10.1 Å². The highest BCUT2D eigenvalue weighted by Crippen LogP contribution is 2.12. The number of benzene rings is 1. The molecule has 5 nitrogen and oxygen atoms in total. The molecule has 0 bridgehead atoms. The monoisotopic (exact) mass is 344 g/mol. The van der Waals surface area contributed by atoms with E-state index in [0.29, 0.717) is 13.2 Å². The summed E-state index contributed by atoms with van der Waals surface area (Å²) in [6.45, 7) is 6.03. The van der Waals surface area contributed by atoms with Crippen LogP contribution in [0.15, 0.2) is 29.2 Å². The highest BCUT2D eigenvalue weighted by Gasteiger charge is 2.14. The van der Waals surface area contributed by atoms with Crippen molar-refractivity contribution in [3.05, 3.63) is 29.8 Å². The van der Waals surface area contributed by atoms with Crippen LogP contribution in [-0.2, 0) is 23.8 Å². The molecule has 1 aromatic carbocycles. The Morgan fingerprint density at radius 2 is 1.43 bits per heavy atom. The van der Waals surface area contributed by atoms with E-state index in [4.69, 9.17) is 13.7 Å². The average Bonchev–Trinajstić information content (AvgIpc) is 2.53. The fourth-order valence-corrected chi connectivity index (χ4v) is 2.82. The van der Waals surface area contributed by atoms with Crippen LogP contribution in [0.4, 0.5) is 0 Å². The number of aryl methyl sites for hydroxylation is 1. The van der Waals surface area contributed by atoms with Gasteiger partial charge >= 0.3 is 0 Å². The molecule has 0 amide bonds. The Hall–Kier alpha value is -0.950. The zero-order chi connectivity index (χ0) is 17.0. The number of hydrogen-bond donors (Lipinski definition) is 0. The van der Waals surface area contributed by atoms with Gasteiger partial charge in [0.15, 0.2) is 0 Å². The lowest BCUT2D eigenvalue weighted by Crippen LogP contribution is -2.13. The quantitative estimate of drug-likeness (QED) is 0.406. The second kappa shape index (κ2) is 11.6. The minimum absolute atomic E-state index is 0.00666. The molecule has 1 rings (SSSR count). The molecule has 0 radical (unpaired) electrons. The van der Waals surface area contributed by atoms with Crippen molar-refractivity contribution in [2.45, 2.75) is 44.4 Å². The maximum atomic E-state index is 11.9. The Bertz CT molecular complexity index is 510. The SMILES string of the molecule is CCCCCCOCCOCCOS(=O)(=O)c1ccc(C)cc1. The molecule has 6 heteroatoms. The fourth-order valence-electron chi connectivity index (χ4n) is 1.93. The van der Waals surface area contributed by atoms with Crippen LogP contribution < -0.4 is 0 Å². The molecule has 0 fully saturated rings. The van der Waals surface area contributed by atoms with E-state index in [1.54, 1.807) is 12.1 Å². The minimum atomic E-state index is -3.70. The van der Waals surface area contributed by atoms with Crippen molar-refractivity contribution in [2.24, 2.45) is 0 Å². The highest BCUT2D eigenvalue weighted by atomic mass is 32.2. The molecule has 0 aliphatic heterocycles. The number of ether oxygens (including phenoxy) is 2. The molecule has 0 atom stereocenters. The zero-order valence-electron chi connectivity index (χ0n) is 14.1. The van der Waals surface area contributed by atoms with Crippen LogP contribution in [-0.4, -0.2) is 41.5 Å². The Morgan fingerprint density at radius 1 is 0.826 bits per heavy atom. The lowest BCUT2D eigenvalue weighted by molar-refractivity contribution is 0.0360. The normalized spacial score (nSPS) is 11.7. The molecule has 0 spiro atoms. The van der Waals surface area contributed by atoms with Crippen molar-refractivity contribution in [1.82, 2.24) is 0 Å². The summed E-state index contributed by atoms with van der Waals surface area (Å²) >= 11 is 0. The molecule has 0 aliphatic carbocycles. The zero-order valence-corrected chi connectivity index (χ0v) is 14.9. The summed E-state index contributed by atoms with van der Waals surface area (Å²) in [5.41, 5.74) is 1.00. The fraction of sp³-hybridized carbons (Fsp3) is 0.647. The molecule has 1 aromatic rings. The predicted octanol–water partition coefficient (Wildman–Crippen LogP) is 3.31. The summed E-state index contributed by atoms with van der Waals surface area (Å²) < 4.78 is 39.5.